The standard InChI is InChI=1S/C23H40NO8P/c1-22(2,3)31-21(27)17(16-10-8-7-9-11-16)14-33(28)30-15-23(4,5)19(32-33)20(26)24-13-12-18(25)29-6/h16-17,19H,7-15H2,1-6H3,(H,24,26)/t17-,19-,33?/m0/s1. The molecule has 0 aromatic heterocycles. The number of ether oxygens (including phenoxy) is 2. The smallest absolute Gasteiger partial charge is 0.332 e. The molecule has 9 nitrogen and oxygen atoms in total. The Labute approximate surface area is 197 Å². The van der Waals surface area contributed by atoms with Crippen LogP contribution in [0.1, 0.15) is 73.1 Å². The zero-order valence-electron chi connectivity index (χ0n) is 20.8. The molecular formula is C23H40NO8P. The van der Waals surface area contributed by atoms with Crippen LogP contribution < -0.4 is 5.32 Å². The third-order valence-corrected chi connectivity index (χ3v) is 7.95. The molecule has 1 aliphatic heterocycles. The molecule has 0 radical (unpaired) electrons. The van der Waals surface area contributed by atoms with Crippen molar-refractivity contribution in [1.29, 1.82) is 0 Å². The highest BCUT2D eigenvalue weighted by atomic mass is 31.2. The molecule has 1 aliphatic carbocycles. The summed E-state index contributed by atoms with van der Waals surface area (Å²) >= 11 is 0. The maximum Gasteiger partial charge on any atom is 0.332 e. The molecule has 1 amide bonds. The van der Waals surface area contributed by atoms with E-state index >= 15 is 0 Å². The highest BCUT2D eigenvalue weighted by Gasteiger charge is 2.50. The van der Waals surface area contributed by atoms with Gasteiger partial charge < -0.3 is 19.3 Å². The van der Waals surface area contributed by atoms with Gasteiger partial charge in [0.25, 0.3) is 0 Å². The van der Waals surface area contributed by atoms with Gasteiger partial charge >= 0.3 is 19.5 Å². The largest absolute Gasteiger partial charge is 0.469 e. The van der Waals surface area contributed by atoms with Gasteiger partial charge in [-0.1, -0.05) is 33.1 Å². The number of carbonyl (C=O) groups excluding carboxylic acids is 3. The van der Waals surface area contributed by atoms with Crippen LogP contribution in [-0.2, 0) is 37.5 Å². The molecule has 0 aromatic rings. The van der Waals surface area contributed by atoms with E-state index in [4.69, 9.17) is 13.8 Å². The third-order valence-electron chi connectivity index (χ3n) is 6.05. The molecule has 1 saturated carbocycles. The Morgan fingerprint density at radius 1 is 1.15 bits per heavy atom. The highest BCUT2D eigenvalue weighted by Crippen LogP contribution is 2.58. The highest BCUT2D eigenvalue weighted by molar-refractivity contribution is 7.54. The number of hydrogen-bond donors (Lipinski definition) is 1. The van der Waals surface area contributed by atoms with Crippen LogP contribution in [0.3, 0.4) is 0 Å². The fraction of sp³-hybridized carbons (Fsp3) is 0.870. The number of rotatable bonds is 8. The van der Waals surface area contributed by atoms with Crippen LogP contribution in [0.25, 0.3) is 0 Å². The van der Waals surface area contributed by atoms with E-state index in [9.17, 15) is 18.9 Å². The number of esters is 2. The molecule has 0 spiro atoms. The summed E-state index contributed by atoms with van der Waals surface area (Å²) in [4.78, 5) is 37.2. The lowest BCUT2D eigenvalue weighted by molar-refractivity contribution is -0.161. The van der Waals surface area contributed by atoms with E-state index in [1.54, 1.807) is 34.6 Å². The van der Waals surface area contributed by atoms with E-state index in [1.807, 2.05) is 0 Å². The molecule has 2 fully saturated rings. The minimum Gasteiger partial charge on any atom is -0.469 e. The second-order valence-corrected chi connectivity index (χ2v) is 12.8. The van der Waals surface area contributed by atoms with E-state index < -0.39 is 48.5 Å². The van der Waals surface area contributed by atoms with Gasteiger partial charge in [-0.2, -0.15) is 0 Å². The Balaban J connectivity index is 2.15. The van der Waals surface area contributed by atoms with Gasteiger partial charge in [0, 0.05) is 12.0 Å². The molecule has 2 aliphatic rings. The van der Waals surface area contributed by atoms with Gasteiger partial charge in [-0.3, -0.25) is 23.5 Å². The van der Waals surface area contributed by atoms with E-state index in [2.05, 4.69) is 10.1 Å². The van der Waals surface area contributed by atoms with Crippen molar-refractivity contribution in [2.24, 2.45) is 17.3 Å². The predicted molar refractivity (Wildman–Crippen MR) is 123 cm³/mol. The Morgan fingerprint density at radius 2 is 1.79 bits per heavy atom. The number of nitrogens with one attached hydrogen (secondary N) is 1. The minimum absolute atomic E-state index is 0.0198. The molecule has 1 heterocycles. The average Bonchev–Trinajstić information content (AvgIpc) is 2.73. The fourth-order valence-electron chi connectivity index (χ4n) is 4.23. The van der Waals surface area contributed by atoms with Crippen molar-refractivity contribution >= 4 is 25.4 Å². The number of methoxy groups -OCH3 is 1. The van der Waals surface area contributed by atoms with Crippen LogP contribution in [0.2, 0.25) is 0 Å². The van der Waals surface area contributed by atoms with E-state index in [1.165, 1.54) is 7.11 Å². The zero-order chi connectivity index (χ0) is 24.9. The summed E-state index contributed by atoms with van der Waals surface area (Å²) in [5.74, 6) is -1.91. The second-order valence-electron chi connectivity index (χ2n) is 10.7. The lowest BCUT2D eigenvalue weighted by atomic mass is 9.81. The first-order valence-corrected chi connectivity index (χ1v) is 13.5. The maximum absolute atomic E-state index is 13.7. The first-order chi connectivity index (χ1) is 15.3. The van der Waals surface area contributed by atoms with Crippen molar-refractivity contribution in [3.05, 3.63) is 0 Å². The van der Waals surface area contributed by atoms with Crippen LogP contribution in [0, 0.1) is 17.3 Å². The summed E-state index contributed by atoms with van der Waals surface area (Å²) in [5.41, 5.74) is -1.41. The topological polar surface area (TPSA) is 117 Å². The number of hydrogen-bond acceptors (Lipinski definition) is 8. The maximum atomic E-state index is 13.7. The third kappa shape index (κ3) is 8.37. The molecule has 33 heavy (non-hydrogen) atoms. The summed E-state index contributed by atoms with van der Waals surface area (Å²) in [6.07, 6.45) is 3.70. The van der Waals surface area contributed by atoms with Gasteiger partial charge in [0.1, 0.15) is 5.60 Å². The van der Waals surface area contributed by atoms with Gasteiger partial charge in [0.2, 0.25) is 5.91 Å². The van der Waals surface area contributed by atoms with Crippen LogP contribution in [0.5, 0.6) is 0 Å². The summed E-state index contributed by atoms with van der Waals surface area (Å²) in [6.45, 7) is 9.10. The Bertz CT molecular complexity index is 754. The Kier molecular flexibility index (Phi) is 9.54. The van der Waals surface area contributed by atoms with Gasteiger partial charge in [0.05, 0.1) is 32.2 Å². The number of carbonyl (C=O) groups is 3. The zero-order valence-corrected chi connectivity index (χ0v) is 21.7. The quantitative estimate of drug-likeness (QED) is 0.404. The SMILES string of the molecule is COC(=O)CCNC(=O)[C@@H]1OP(=O)(C[C@H](C(=O)OC(C)(C)C)C2CCCCC2)OCC1(C)C. The lowest BCUT2D eigenvalue weighted by Gasteiger charge is -2.41. The second kappa shape index (κ2) is 11.3. The minimum atomic E-state index is -3.76. The van der Waals surface area contributed by atoms with Gasteiger partial charge in [-0.05, 0) is 39.5 Å². The van der Waals surface area contributed by atoms with Gasteiger partial charge in [0.15, 0.2) is 6.10 Å². The van der Waals surface area contributed by atoms with E-state index in [0.717, 1.165) is 32.1 Å². The van der Waals surface area contributed by atoms with Crippen molar-refractivity contribution in [2.75, 3.05) is 26.4 Å². The fourth-order valence-corrected chi connectivity index (χ4v) is 6.64. The summed E-state index contributed by atoms with van der Waals surface area (Å²) in [5, 5.41) is 2.65. The normalized spacial score (nSPS) is 26.8. The van der Waals surface area contributed by atoms with Gasteiger partial charge in [-0.25, -0.2) is 0 Å². The summed E-state index contributed by atoms with van der Waals surface area (Å²) < 4.78 is 35.4. The molecule has 2 rings (SSSR count). The molecule has 0 bridgehead atoms. The molecular weight excluding hydrogens is 449 g/mol. The van der Waals surface area contributed by atoms with Crippen LogP contribution >= 0.6 is 7.60 Å². The van der Waals surface area contributed by atoms with Crippen molar-refractivity contribution in [2.45, 2.75) is 84.8 Å². The molecule has 0 aromatic carbocycles. The predicted octanol–water partition coefficient (Wildman–Crippen LogP) is 3.84. The van der Waals surface area contributed by atoms with Crippen LogP contribution in [0.15, 0.2) is 0 Å². The van der Waals surface area contributed by atoms with Crippen LogP contribution in [0.4, 0.5) is 0 Å². The first-order valence-electron chi connectivity index (χ1n) is 11.8. The summed E-state index contributed by atoms with van der Waals surface area (Å²) in [6, 6.07) is 0. The molecule has 10 heteroatoms. The van der Waals surface area contributed by atoms with E-state index in [0.29, 0.717) is 0 Å². The van der Waals surface area contributed by atoms with Gasteiger partial charge in [-0.15, -0.1) is 0 Å². The lowest BCUT2D eigenvalue weighted by Crippen LogP contribution is -2.50. The number of amides is 1. The van der Waals surface area contributed by atoms with Crippen LogP contribution in [-0.4, -0.2) is 56.0 Å². The Morgan fingerprint density at radius 3 is 2.36 bits per heavy atom. The molecule has 190 valence electrons. The van der Waals surface area contributed by atoms with Crippen molar-refractivity contribution in [3.63, 3.8) is 0 Å². The van der Waals surface area contributed by atoms with Crippen molar-refractivity contribution in [3.8, 4) is 0 Å². The van der Waals surface area contributed by atoms with E-state index in [-0.39, 0.29) is 31.7 Å². The monoisotopic (exact) mass is 489 g/mol. The molecule has 1 N–H and O–H groups in total. The van der Waals surface area contributed by atoms with Crippen molar-refractivity contribution in [1.82, 2.24) is 5.32 Å². The average molecular weight is 490 g/mol. The molecule has 3 atom stereocenters. The Hall–Kier alpha value is -1.44. The molecule has 1 unspecified atom stereocenters. The van der Waals surface area contributed by atoms with Crippen molar-refractivity contribution < 1.29 is 37.5 Å². The summed E-state index contributed by atoms with van der Waals surface area (Å²) in [7, 11) is -2.48. The first kappa shape index (κ1) is 27.8. The molecule has 1 saturated heterocycles.